The molecule has 1 atom stereocenters. The number of thioether (sulfide) groups is 1. The van der Waals surface area contributed by atoms with Gasteiger partial charge in [-0.1, -0.05) is 12.1 Å². The molecule has 0 heterocycles. The van der Waals surface area contributed by atoms with E-state index in [4.69, 9.17) is 5.73 Å². The molecule has 110 valence electrons. The summed E-state index contributed by atoms with van der Waals surface area (Å²) in [6.45, 7) is 3.62. The van der Waals surface area contributed by atoms with Gasteiger partial charge < -0.3 is 11.1 Å². The van der Waals surface area contributed by atoms with Crippen LogP contribution in [-0.4, -0.2) is 11.2 Å². The highest BCUT2D eigenvalue weighted by Gasteiger charge is 2.17. The molecule has 2 aromatic rings. The zero-order valence-corrected chi connectivity index (χ0v) is 12.7. The van der Waals surface area contributed by atoms with Crippen molar-refractivity contribution in [2.45, 2.75) is 24.0 Å². The smallest absolute Gasteiger partial charge is 0.237 e. The van der Waals surface area contributed by atoms with Crippen molar-refractivity contribution >= 4 is 29.0 Å². The summed E-state index contributed by atoms with van der Waals surface area (Å²) < 4.78 is 13.6. The second-order valence-electron chi connectivity index (χ2n) is 4.75. The minimum Gasteiger partial charge on any atom is -0.399 e. The van der Waals surface area contributed by atoms with Crippen LogP contribution in [0.1, 0.15) is 12.5 Å². The Morgan fingerprint density at radius 1 is 1.29 bits per heavy atom. The number of halogens is 1. The molecule has 0 radical (unpaired) electrons. The second-order valence-corrected chi connectivity index (χ2v) is 6.14. The lowest BCUT2D eigenvalue weighted by Gasteiger charge is -2.14. The van der Waals surface area contributed by atoms with Gasteiger partial charge in [0.25, 0.3) is 0 Å². The fraction of sp³-hybridized carbons (Fsp3) is 0.188. The molecule has 2 aromatic carbocycles. The van der Waals surface area contributed by atoms with Crippen LogP contribution in [0.3, 0.4) is 0 Å². The normalized spacial score (nSPS) is 12.0. The van der Waals surface area contributed by atoms with Gasteiger partial charge in [0.05, 0.1) is 5.25 Å². The van der Waals surface area contributed by atoms with Crippen LogP contribution >= 0.6 is 11.8 Å². The molecule has 0 aromatic heterocycles. The molecule has 0 saturated carbocycles. The molecule has 0 aliphatic carbocycles. The number of anilines is 2. The Labute approximate surface area is 127 Å². The van der Waals surface area contributed by atoms with E-state index in [-0.39, 0.29) is 11.7 Å². The number of aryl methyl sites for hydroxylation is 1. The fourth-order valence-corrected chi connectivity index (χ4v) is 2.73. The zero-order valence-electron chi connectivity index (χ0n) is 11.9. The number of benzene rings is 2. The number of carbonyl (C=O) groups excluding carboxylic acids is 1. The lowest BCUT2D eigenvalue weighted by atomic mass is 10.2. The number of hydrogen-bond acceptors (Lipinski definition) is 3. The molecule has 0 spiro atoms. The third kappa shape index (κ3) is 3.98. The van der Waals surface area contributed by atoms with Crippen LogP contribution in [0, 0.1) is 12.7 Å². The van der Waals surface area contributed by atoms with Crippen molar-refractivity contribution in [3.8, 4) is 0 Å². The summed E-state index contributed by atoms with van der Waals surface area (Å²) in [5, 5.41) is 2.44. The quantitative estimate of drug-likeness (QED) is 0.666. The largest absolute Gasteiger partial charge is 0.399 e. The van der Waals surface area contributed by atoms with Crippen molar-refractivity contribution in [2.75, 3.05) is 11.1 Å². The number of hydrogen-bond donors (Lipinski definition) is 2. The van der Waals surface area contributed by atoms with Gasteiger partial charge in [-0.3, -0.25) is 4.79 Å². The lowest BCUT2D eigenvalue weighted by molar-refractivity contribution is -0.115. The Hall–Kier alpha value is -2.01. The van der Waals surface area contributed by atoms with Crippen LogP contribution < -0.4 is 11.1 Å². The maximum Gasteiger partial charge on any atom is 0.237 e. The van der Waals surface area contributed by atoms with Gasteiger partial charge in [0, 0.05) is 16.3 Å². The monoisotopic (exact) mass is 304 g/mol. The number of nitrogens with two attached hydrogens (primary N) is 1. The summed E-state index contributed by atoms with van der Waals surface area (Å²) in [6.07, 6.45) is 0. The maximum absolute atomic E-state index is 13.6. The van der Waals surface area contributed by atoms with Crippen LogP contribution in [0.15, 0.2) is 47.4 Å². The predicted molar refractivity (Wildman–Crippen MR) is 85.9 cm³/mol. The average molecular weight is 304 g/mol. The number of nitrogens with one attached hydrogen (secondary N) is 1. The lowest BCUT2D eigenvalue weighted by Crippen LogP contribution is -2.23. The molecule has 0 bridgehead atoms. The molecular formula is C16H17FN2OS. The Kier molecular flexibility index (Phi) is 4.85. The third-order valence-electron chi connectivity index (χ3n) is 3.02. The molecule has 1 unspecified atom stereocenters. The van der Waals surface area contributed by atoms with E-state index in [0.717, 1.165) is 11.3 Å². The van der Waals surface area contributed by atoms with Crippen molar-refractivity contribution < 1.29 is 9.18 Å². The predicted octanol–water partition coefficient (Wildman–Crippen LogP) is 3.84. The van der Waals surface area contributed by atoms with Crippen molar-refractivity contribution in [3.63, 3.8) is 0 Å². The average Bonchev–Trinajstić information content (AvgIpc) is 2.44. The van der Waals surface area contributed by atoms with E-state index in [1.54, 1.807) is 43.3 Å². The molecule has 0 saturated heterocycles. The first kappa shape index (κ1) is 15.4. The van der Waals surface area contributed by atoms with E-state index < -0.39 is 5.25 Å². The number of amides is 1. The van der Waals surface area contributed by atoms with Gasteiger partial charge in [0.2, 0.25) is 5.91 Å². The van der Waals surface area contributed by atoms with Gasteiger partial charge in [-0.15, -0.1) is 11.8 Å². The van der Waals surface area contributed by atoms with Gasteiger partial charge in [-0.25, -0.2) is 4.39 Å². The molecule has 1 amide bonds. The first-order valence-corrected chi connectivity index (χ1v) is 7.43. The first-order chi connectivity index (χ1) is 9.97. The van der Waals surface area contributed by atoms with Gasteiger partial charge in [0.1, 0.15) is 5.82 Å². The van der Waals surface area contributed by atoms with E-state index in [9.17, 15) is 9.18 Å². The Balaban J connectivity index is 2.04. The molecule has 0 aliphatic heterocycles. The maximum atomic E-state index is 13.6. The summed E-state index contributed by atoms with van der Waals surface area (Å²) >= 11 is 1.19. The second kappa shape index (κ2) is 6.63. The van der Waals surface area contributed by atoms with Crippen molar-refractivity contribution in [3.05, 3.63) is 53.8 Å². The number of rotatable bonds is 4. The van der Waals surface area contributed by atoms with Crippen molar-refractivity contribution in [1.29, 1.82) is 0 Å². The van der Waals surface area contributed by atoms with Gasteiger partial charge in [0.15, 0.2) is 0 Å². The highest BCUT2D eigenvalue weighted by Crippen LogP contribution is 2.27. The molecule has 5 heteroatoms. The summed E-state index contributed by atoms with van der Waals surface area (Å²) in [7, 11) is 0. The highest BCUT2D eigenvalue weighted by atomic mass is 32.2. The Morgan fingerprint density at radius 2 is 2.00 bits per heavy atom. The third-order valence-corrected chi connectivity index (χ3v) is 4.17. The zero-order chi connectivity index (χ0) is 15.4. The fourth-order valence-electron chi connectivity index (χ4n) is 1.85. The van der Waals surface area contributed by atoms with Crippen LogP contribution in [0.2, 0.25) is 0 Å². The molecule has 21 heavy (non-hydrogen) atoms. The van der Waals surface area contributed by atoms with E-state index in [1.165, 1.54) is 17.8 Å². The molecule has 2 rings (SSSR count). The standard InChI is InChI=1S/C16H17FN2OS/c1-10-9-12(18)7-8-14(10)19-16(20)11(2)21-15-6-4-3-5-13(15)17/h3-9,11H,18H2,1-2H3,(H,19,20). The van der Waals surface area contributed by atoms with E-state index in [1.807, 2.05) is 6.92 Å². The Bertz CT molecular complexity index is 660. The minimum atomic E-state index is -0.404. The van der Waals surface area contributed by atoms with Crippen LogP contribution in [-0.2, 0) is 4.79 Å². The summed E-state index contributed by atoms with van der Waals surface area (Å²) in [5.41, 5.74) is 7.94. The SMILES string of the molecule is Cc1cc(N)ccc1NC(=O)C(C)Sc1ccccc1F. The molecule has 3 nitrogen and oxygen atoms in total. The summed E-state index contributed by atoms with van der Waals surface area (Å²) in [5.74, 6) is -0.484. The van der Waals surface area contributed by atoms with E-state index in [2.05, 4.69) is 5.32 Å². The van der Waals surface area contributed by atoms with E-state index >= 15 is 0 Å². The Morgan fingerprint density at radius 3 is 2.67 bits per heavy atom. The van der Waals surface area contributed by atoms with Gasteiger partial charge in [-0.2, -0.15) is 0 Å². The van der Waals surface area contributed by atoms with Gasteiger partial charge >= 0.3 is 0 Å². The van der Waals surface area contributed by atoms with E-state index in [0.29, 0.717) is 10.6 Å². The topological polar surface area (TPSA) is 55.1 Å². The molecule has 3 N–H and O–H groups in total. The summed E-state index contributed by atoms with van der Waals surface area (Å²) in [6, 6.07) is 11.7. The number of nitrogen functional groups attached to an aromatic ring is 1. The molecular weight excluding hydrogens is 287 g/mol. The van der Waals surface area contributed by atoms with Crippen molar-refractivity contribution in [2.24, 2.45) is 0 Å². The summed E-state index contributed by atoms with van der Waals surface area (Å²) in [4.78, 5) is 12.6. The van der Waals surface area contributed by atoms with Crippen LogP contribution in [0.4, 0.5) is 15.8 Å². The van der Waals surface area contributed by atoms with Crippen molar-refractivity contribution in [1.82, 2.24) is 0 Å². The molecule has 0 fully saturated rings. The van der Waals surface area contributed by atoms with Gasteiger partial charge in [-0.05, 0) is 49.7 Å². The minimum absolute atomic E-state index is 0.170. The number of carbonyl (C=O) groups is 1. The van der Waals surface area contributed by atoms with Crippen LogP contribution in [0.25, 0.3) is 0 Å². The molecule has 0 aliphatic rings. The first-order valence-electron chi connectivity index (χ1n) is 6.55. The van der Waals surface area contributed by atoms with Crippen LogP contribution in [0.5, 0.6) is 0 Å². The highest BCUT2D eigenvalue weighted by molar-refractivity contribution is 8.00.